The summed E-state index contributed by atoms with van der Waals surface area (Å²) in [6.45, 7) is 0. The number of fused-ring (bicyclic) bond motifs is 1. The van der Waals surface area contributed by atoms with E-state index >= 15 is 0 Å². The number of thiol groups is 1. The summed E-state index contributed by atoms with van der Waals surface area (Å²) in [5, 5.41) is 19.4. The van der Waals surface area contributed by atoms with Crippen molar-refractivity contribution < 1.29 is 5.11 Å². The molecule has 0 radical (unpaired) electrons. The first-order valence-electron chi connectivity index (χ1n) is 5.46. The smallest absolute Gasteiger partial charge is 0.121 e. The van der Waals surface area contributed by atoms with E-state index in [0.29, 0.717) is 33.2 Å². The molecule has 0 unspecified atom stereocenters. The maximum absolute atomic E-state index is 9.52. The Hall–Kier alpha value is -2.52. The molecule has 2 aliphatic heterocycles. The second kappa shape index (κ2) is 4.30. The second-order valence-electron chi connectivity index (χ2n) is 3.95. The normalized spacial score (nSPS) is 10.5. The van der Waals surface area contributed by atoms with Crippen LogP contribution in [0.4, 0.5) is 0 Å². The predicted octanol–water partition coefficient (Wildman–Crippen LogP) is 2.44. The van der Waals surface area contributed by atoms with E-state index < -0.39 is 0 Å². The Bertz CT molecular complexity index is 775. The van der Waals surface area contributed by atoms with E-state index in [1.807, 2.05) is 0 Å². The van der Waals surface area contributed by atoms with Crippen LogP contribution in [0.3, 0.4) is 0 Å². The van der Waals surface area contributed by atoms with Crippen LogP contribution in [0.25, 0.3) is 22.6 Å². The third-order valence-electron chi connectivity index (χ3n) is 2.77. The molecular formula is C13H8N4OS. The highest BCUT2D eigenvalue weighted by atomic mass is 32.1. The Morgan fingerprint density at radius 3 is 2.84 bits per heavy atom. The van der Waals surface area contributed by atoms with Gasteiger partial charge in [-0.3, -0.25) is 0 Å². The first-order chi connectivity index (χ1) is 9.20. The third-order valence-corrected chi connectivity index (χ3v) is 3.11. The monoisotopic (exact) mass is 268 g/mol. The van der Waals surface area contributed by atoms with Crippen molar-refractivity contribution in [2.24, 2.45) is 0 Å². The van der Waals surface area contributed by atoms with E-state index in [0.717, 1.165) is 0 Å². The molecule has 19 heavy (non-hydrogen) atoms. The summed E-state index contributed by atoms with van der Waals surface area (Å²) >= 11 is 4.27. The molecule has 0 atom stereocenters. The van der Waals surface area contributed by atoms with Gasteiger partial charge in [0.15, 0.2) is 0 Å². The fourth-order valence-electron chi connectivity index (χ4n) is 1.94. The number of aromatic nitrogens is 3. The van der Waals surface area contributed by atoms with E-state index in [1.54, 1.807) is 24.3 Å². The van der Waals surface area contributed by atoms with Gasteiger partial charge in [0.2, 0.25) is 0 Å². The number of hydrogen-bond donors (Lipinski definition) is 3. The second-order valence-corrected chi connectivity index (χ2v) is 4.39. The number of rotatable bonds is 1. The molecule has 92 valence electrons. The summed E-state index contributed by atoms with van der Waals surface area (Å²) in [6.07, 6.45) is 1.47. The van der Waals surface area contributed by atoms with Crippen LogP contribution in [0.5, 0.6) is 5.75 Å². The van der Waals surface area contributed by atoms with Crippen LogP contribution in [-0.4, -0.2) is 20.1 Å². The van der Waals surface area contributed by atoms with Gasteiger partial charge in [-0.1, -0.05) is 12.1 Å². The molecule has 0 saturated heterocycles. The predicted molar refractivity (Wildman–Crippen MR) is 72.1 cm³/mol. The molecule has 0 aromatic heterocycles. The molecule has 2 N–H and O–H groups in total. The molecule has 0 fully saturated rings. The molecule has 1 aromatic carbocycles. The molecule has 2 heterocycles. The quantitative estimate of drug-likeness (QED) is 0.467. The van der Waals surface area contributed by atoms with Crippen molar-refractivity contribution >= 4 is 12.6 Å². The van der Waals surface area contributed by atoms with Gasteiger partial charge < -0.3 is 10.1 Å². The van der Waals surface area contributed by atoms with Crippen LogP contribution in [0.15, 0.2) is 35.6 Å². The lowest BCUT2D eigenvalue weighted by molar-refractivity contribution is 0.475. The highest BCUT2D eigenvalue weighted by Crippen LogP contribution is 2.35. The van der Waals surface area contributed by atoms with Crippen LogP contribution < -0.4 is 0 Å². The van der Waals surface area contributed by atoms with Crippen LogP contribution in [-0.2, 0) is 0 Å². The Kier molecular flexibility index (Phi) is 2.62. The molecule has 6 heteroatoms. The molecule has 0 aliphatic carbocycles. The number of H-pyrrole nitrogens is 1. The summed E-state index contributed by atoms with van der Waals surface area (Å²) in [4.78, 5) is 11.4. The maximum atomic E-state index is 9.52. The lowest BCUT2D eigenvalue weighted by Gasteiger charge is -1.98. The lowest BCUT2D eigenvalue weighted by Crippen LogP contribution is -1.89. The number of benzene rings is 1. The van der Waals surface area contributed by atoms with E-state index in [4.69, 9.17) is 0 Å². The topological polar surface area (TPSA) is 85.6 Å². The summed E-state index contributed by atoms with van der Waals surface area (Å²) in [5.74, 6) is 0.124. The molecule has 2 aliphatic rings. The van der Waals surface area contributed by atoms with E-state index in [1.165, 1.54) is 6.33 Å². The standard InChI is InChI=1S/C13H8N4OS/c14-5-9-10(7-2-1-3-8(18)4-7)17-12-11(9)15-6-16-13(12)19/h1-4,6,18-19H,(H,15,16). The Morgan fingerprint density at radius 1 is 1.26 bits per heavy atom. The first-order valence-corrected chi connectivity index (χ1v) is 5.91. The Balaban J connectivity index is 2.33. The number of hydrogen-bond acceptors (Lipinski definition) is 5. The summed E-state index contributed by atoms with van der Waals surface area (Å²) < 4.78 is 0. The minimum Gasteiger partial charge on any atom is -0.508 e. The zero-order valence-electron chi connectivity index (χ0n) is 9.62. The fourth-order valence-corrected chi connectivity index (χ4v) is 2.15. The van der Waals surface area contributed by atoms with Crippen molar-refractivity contribution in [2.75, 3.05) is 0 Å². The maximum Gasteiger partial charge on any atom is 0.121 e. The van der Waals surface area contributed by atoms with Crippen molar-refractivity contribution in [2.45, 2.75) is 5.03 Å². The zero-order chi connectivity index (χ0) is 13.4. The van der Waals surface area contributed by atoms with Crippen molar-refractivity contribution in [1.29, 1.82) is 5.26 Å². The average Bonchev–Trinajstić information content (AvgIpc) is 2.79. The number of nitrogens with zero attached hydrogens (tertiary/aromatic N) is 3. The number of aromatic hydroxyl groups is 1. The van der Waals surface area contributed by atoms with Crippen LogP contribution in [0.1, 0.15) is 5.56 Å². The van der Waals surface area contributed by atoms with Gasteiger partial charge in [-0.15, -0.1) is 12.6 Å². The number of phenolic OH excluding ortho intramolecular Hbond substituents is 1. The summed E-state index contributed by atoms with van der Waals surface area (Å²) in [5.41, 5.74) is 2.59. The van der Waals surface area contributed by atoms with Crippen molar-refractivity contribution in [3.8, 4) is 34.5 Å². The molecule has 3 rings (SSSR count). The van der Waals surface area contributed by atoms with Gasteiger partial charge in [0.25, 0.3) is 0 Å². The molecule has 0 saturated carbocycles. The van der Waals surface area contributed by atoms with Crippen LogP contribution in [0, 0.1) is 11.3 Å². The lowest BCUT2D eigenvalue weighted by atomic mass is 10.1. The van der Waals surface area contributed by atoms with E-state index in [2.05, 4.69) is 33.6 Å². The van der Waals surface area contributed by atoms with E-state index in [9.17, 15) is 10.4 Å². The highest BCUT2D eigenvalue weighted by Gasteiger charge is 2.22. The minimum atomic E-state index is 0.124. The molecule has 0 amide bonds. The Labute approximate surface area is 114 Å². The van der Waals surface area contributed by atoms with Crippen molar-refractivity contribution in [1.82, 2.24) is 15.0 Å². The number of phenols is 1. The number of aromatic amines is 1. The van der Waals surface area contributed by atoms with Gasteiger partial charge in [-0.25, -0.2) is 9.97 Å². The minimum absolute atomic E-state index is 0.124. The Morgan fingerprint density at radius 2 is 2.11 bits per heavy atom. The third kappa shape index (κ3) is 1.80. The van der Waals surface area contributed by atoms with E-state index in [-0.39, 0.29) is 5.75 Å². The molecule has 1 aromatic rings. The number of nitriles is 1. The van der Waals surface area contributed by atoms with Gasteiger partial charge >= 0.3 is 0 Å². The molecule has 5 nitrogen and oxygen atoms in total. The van der Waals surface area contributed by atoms with Crippen molar-refractivity contribution in [3.05, 3.63) is 36.2 Å². The first kappa shape index (κ1) is 11.6. The van der Waals surface area contributed by atoms with Gasteiger partial charge in [0.05, 0.1) is 17.0 Å². The molecule has 0 spiro atoms. The largest absolute Gasteiger partial charge is 0.508 e. The van der Waals surface area contributed by atoms with Gasteiger partial charge in [0.1, 0.15) is 28.8 Å². The molecular weight excluding hydrogens is 260 g/mol. The highest BCUT2D eigenvalue weighted by molar-refractivity contribution is 7.80. The van der Waals surface area contributed by atoms with Crippen molar-refractivity contribution in [3.63, 3.8) is 0 Å². The summed E-state index contributed by atoms with van der Waals surface area (Å²) in [6, 6.07) is 8.71. The van der Waals surface area contributed by atoms with Crippen LogP contribution >= 0.6 is 12.6 Å². The van der Waals surface area contributed by atoms with Gasteiger partial charge in [0, 0.05) is 5.56 Å². The summed E-state index contributed by atoms with van der Waals surface area (Å²) in [7, 11) is 0. The molecule has 0 bridgehead atoms. The van der Waals surface area contributed by atoms with Gasteiger partial charge in [-0.05, 0) is 12.1 Å². The SMILES string of the molecule is N#Cc1c(-c2cccc(O)c2)nc2c(S)[nH]cnc1-2. The van der Waals surface area contributed by atoms with Gasteiger partial charge in [-0.2, -0.15) is 5.26 Å². The number of nitrogens with one attached hydrogen (secondary N) is 1. The average molecular weight is 268 g/mol. The fraction of sp³-hybridized carbons (Fsp3) is 0. The zero-order valence-corrected chi connectivity index (χ0v) is 10.5. The van der Waals surface area contributed by atoms with Crippen LogP contribution in [0.2, 0.25) is 0 Å².